The monoisotopic (exact) mass is 422 g/mol. The molecule has 2 fully saturated rings. The van der Waals surface area contributed by atoms with Crippen LogP contribution in [0.3, 0.4) is 0 Å². The number of H-pyrrole nitrogens is 1. The molecule has 3 aliphatic rings. The number of anilines is 1. The van der Waals surface area contributed by atoms with Crippen LogP contribution in [-0.4, -0.2) is 56.5 Å². The fourth-order valence-corrected chi connectivity index (χ4v) is 5.30. The number of aromatic amines is 1. The number of fused-ring (bicyclic) bond motifs is 1. The van der Waals surface area contributed by atoms with Crippen molar-refractivity contribution in [2.45, 2.75) is 64.2 Å². The average molecular weight is 423 g/mol. The van der Waals surface area contributed by atoms with Crippen molar-refractivity contribution in [3.8, 4) is 0 Å². The standard InChI is InChI=1S/C23H30N6O2/c1-15-18-7-8-20(30)29(13-16-5-3-2-4-6-16)22(18)26-21(25-15)17-10-12-28(14-17)23(31)19-9-11-24-27-19/h9,11,16-17H,2-8,10,12-14H2,1H3,(H,24,27)/t17-/m1/s1. The number of rotatable bonds is 4. The first kappa shape index (κ1) is 20.2. The number of amides is 2. The van der Waals surface area contributed by atoms with Crippen molar-refractivity contribution >= 4 is 17.6 Å². The van der Waals surface area contributed by atoms with Crippen LogP contribution in [-0.2, 0) is 11.2 Å². The number of aryl methyl sites for hydroxylation is 1. The van der Waals surface area contributed by atoms with Gasteiger partial charge in [0.15, 0.2) is 0 Å². The summed E-state index contributed by atoms with van der Waals surface area (Å²) < 4.78 is 0. The van der Waals surface area contributed by atoms with Crippen molar-refractivity contribution in [1.29, 1.82) is 0 Å². The third-order valence-corrected chi connectivity index (χ3v) is 7.09. The van der Waals surface area contributed by atoms with Crippen LogP contribution in [0.2, 0.25) is 0 Å². The largest absolute Gasteiger partial charge is 0.337 e. The molecule has 1 aliphatic carbocycles. The fraction of sp³-hybridized carbons (Fsp3) is 0.609. The second kappa shape index (κ2) is 8.40. The van der Waals surface area contributed by atoms with E-state index in [0.29, 0.717) is 31.1 Å². The molecular formula is C23H30N6O2. The third-order valence-electron chi connectivity index (χ3n) is 7.09. The van der Waals surface area contributed by atoms with Crippen molar-refractivity contribution < 1.29 is 9.59 Å². The Kier molecular flexibility index (Phi) is 5.46. The fourth-order valence-electron chi connectivity index (χ4n) is 5.30. The van der Waals surface area contributed by atoms with Crippen molar-refractivity contribution in [3.05, 3.63) is 35.0 Å². The molecule has 1 N–H and O–H groups in total. The summed E-state index contributed by atoms with van der Waals surface area (Å²) >= 11 is 0. The Morgan fingerprint density at radius 1 is 1.16 bits per heavy atom. The van der Waals surface area contributed by atoms with Crippen LogP contribution < -0.4 is 4.90 Å². The van der Waals surface area contributed by atoms with Crippen LogP contribution in [0.5, 0.6) is 0 Å². The molecule has 4 heterocycles. The van der Waals surface area contributed by atoms with Gasteiger partial charge in [0.25, 0.3) is 5.91 Å². The van der Waals surface area contributed by atoms with Gasteiger partial charge in [0.2, 0.25) is 5.91 Å². The molecule has 0 spiro atoms. The Morgan fingerprint density at radius 3 is 2.77 bits per heavy atom. The predicted octanol–water partition coefficient (Wildman–Crippen LogP) is 3.00. The van der Waals surface area contributed by atoms with Crippen LogP contribution in [0.4, 0.5) is 5.82 Å². The predicted molar refractivity (Wildman–Crippen MR) is 116 cm³/mol. The van der Waals surface area contributed by atoms with Gasteiger partial charge in [-0.15, -0.1) is 0 Å². The molecule has 2 aromatic rings. The van der Waals surface area contributed by atoms with E-state index in [2.05, 4.69) is 10.2 Å². The number of aromatic nitrogens is 4. The number of nitrogens with one attached hydrogen (secondary N) is 1. The summed E-state index contributed by atoms with van der Waals surface area (Å²) in [4.78, 5) is 39.1. The van der Waals surface area contributed by atoms with Gasteiger partial charge in [-0.3, -0.25) is 19.6 Å². The molecule has 1 saturated heterocycles. The number of hydrogen-bond donors (Lipinski definition) is 1. The molecule has 2 aliphatic heterocycles. The topological polar surface area (TPSA) is 95.1 Å². The number of nitrogens with zero attached hydrogens (tertiary/aromatic N) is 5. The van der Waals surface area contributed by atoms with E-state index in [1.807, 2.05) is 16.7 Å². The van der Waals surface area contributed by atoms with E-state index >= 15 is 0 Å². The minimum Gasteiger partial charge on any atom is -0.337 e. The minimum absolute atomic E-state index is 0.0382. The molecule has 2 amide bonds. The average Bonchev–Trinajstić information content (AvgIpc) is 3.48. The molecule has 1 atom stereocenters. The Morgan fingerprint density at radius 2 is 2.00 bits per heavy atom. The Bertz CT molecular complexity index is 967. The van der Waals surface area contributed by atoms with Gasteiger partial charge >= 0.3 is 0 Å². The summed E-state index contributed by atoms with van der Waals surface area (Å²) in [6, 6.07) is 1.70. The zero-order chi connectivity index (χ0) is 21.4. The second-order valence-corrected chi connectivity index (χ2v) is 9.18. The number of hydrogen-bond acceptors (Lipinski definition) is 5. The maximum atomic E-state index is 12.9. The first-order valence-electron chi connectivity index (χ1n) is 11.6. The summed E-state index contributed by atoms with van der Waals surface area (Å²) in [6.45, 7) is 4.07. The number of carbonyl (C=O) groups is 2. The van der Waals surface area contributed by atoms with Crippen LogP contribution in [0.1, 0.15) is 78.4 Å². The lowest BCUT2D eigenvalue weighted by Crippen LogP contribution is -2.40. The lowest BCUT2D eigenvalue weighted by molar-refractivity contribution is -0.119. The first-order chi connectivity index (χ1) is 15.1. The molecule has 2 aromatic heterocycles. The van der Waals surface area contributed by atoms with E-state index in [-0.39, 0.29) is 17.7 Å². The van der Waals surface area contributed by atoms with Gasteiger partial charge in [0.1, 0.15) is 17.3 Å². The van der Waals surface area contributed by atoms with Gasteiger partial charge in [-0.05, 0) is 44.6 Å². The highest BCUT2D eigenvalue weighted by atomic mass is 16.2. The number of likely N-dealkylation sites (tertiary alicyclic amines) is 1. The van der Waals surface area contributed by atoms with Crippen molar-refractivity contribution in [2.24, 2.45) is 5.92 Å². The summed E-state index contributed by atoms with van der Waals surface area (Å²) in [5.41, 5.74) is 2.59. The summed E-state index contributed by atoms with van der Waals surface area (Å²) in [7, 11) is 0. The molecule has 1 saturated carbocycles. The zero-order valence-corrected chi connectivity index (χ0v) is 18.1. The second-order valence-electron chi connectivity index (χ2n) is 9.18. The molecule has 8 nitrogen and oxygen atoms in total. The van der Waals surface area contributed by atoms with Crippen molar-refractivity contribution in [3.63, 3.8) is 0 Å². The van der Waals surface area contributed by atoms with Gasteiger partial charge in [0, 0.05) is 49.4 Å². The van der Waals surface area contributed by atoms with Crippen molar-refractivity contribution in [2.75, 3.05) is 24.5 Å². The molecule has 8 heteroatoms. The highest BCUT2D eigenvalue weighted by Crippen LogP contribution is 2.34. The highest BCUT2D eigenvalue weighted by molar-refractivity contribution is 5.95. The molecule has 31 heavy (non-hydrogen) atoms. The molecular weight excluding hydrogens is 392 g/mol. The molecule has 0 bridgehead atoms. The Balaban J connectivity index is 1.38. The molecule has 0 radical (unpaired) electrons. The normalized spacial score (nSPS) is 22.1. The molecule has 0 aromatic carbocycles. The SMILES string of the molecule is Cc1nc([C@@H]2CCN(C(=O)c3ccn[nH]3)C2)nc2c1CCC(=O)N2CC1CCCCC1. The molecule has 164 valence electrons. The summed E-state index contributed by atoms with van der Waals surface area (Å²) in [5.74, 6) is 2.39. The molecule has 5 rings (SSSR count). The van der Waals surface area contributed by atoms with Crippen LogP contribution in [0, 0.1) is 12.8 Å². The van der Waals surface area contributed by atoms with Crippen LogP contribution in [0.25, 0.3) is 0 Å². The van der Waals surface area contributed by atoms with Crippen molar-refractivity contribution in [1.82, 2.24) is 25.1 Å². The van der Waals surface area contributed by atoms with Crippen LogP contribution in [0.15, 0.2) is 12.3 Å². The molecule has 0 unspecified atom stereocenters. The number of carbonyl (C=O) groups excluding carboxylic acids is 2. The first-order valence-corrected chi connectivity index (χ1v) is 11.6. The quantitative estimate of drug-likeness (QED) is 0.817. The highest BCUT2D eigenvalue weighted by Gasteiger charge is 2.34. The Hall–Kier alpha value is -2.77. The van der Waals surface area contributed by atoms with E-state index < -0.39 is 0 Å². The van der Waals surface area contributed by atoms with E-state index in [9.17, 15) is 9.59 Å². The van der Waals surface area contributed by atoms with Gasteiger partial charge in [-0.25, -0.2) is 9.97 Å². The lowest BCUT2D eigenvalue weighted by Gasteiger charge is -2.33. The van der Waals surface area contributed by atoms with Crippen LogP contribution >= 0.6 is 0 Å². The van der Waals surface area contributed by atoms with Gasteiger partial charge in [-0.2, -0.15) is 5.10 Å². The van der Waals surface area contributed by atoms with Gasteiger partial charge in [-0.1, -0.05) is 19.3 Å². The lowest BCUT2D eigenvalue weighted by atomic mass is 9.88. The zero-order valence-electron chi connectivity index (χ0n) is 18.1. The smallest absolute Gasteiger partial charge is 0.271 e. The van der Waals surface area contributed by atoms with E-state index in [1.54, 1.807) is 12.3 Å². The maximum absolute atomic E-state index is 12.9. The third kappa shape index (κ3) is 3.95. The van der Waals surface area contributed by atoms with E-state index in [0.717, 1.165) is 42.3 Å². The Labute approximate surface area is 182 Å². The minimum atomic E-state index is -0.0382. The van der Waals surface area contributed by atoms with E-state index in [4.69, 9.17) is 9.97 Å². The summed E-state index contributed by atoms with van der Waals surface area (Å²) in [6.07, 6.45) is 9.90. The summed E-state index contributed by atoms with van der Waals surface area (Å²) in [5, 5.41) is 6.63. The maximum Gasteiger partial charge on any atom is 0.271 e. The van der Waals surface area contributed by atoms with Gasteiger partial charge < -0.3 is 4.90 Å². The van der Waals surface area contributed by atoms with E-state index in [1.165, 1.54) is 32.1 Å². The van der Waals surface area contributed by atoms with Gasteiger partial charge in [0.05, 0.1) is 0 Å².